The quantitative estimate of drug-likeness (QED) is 0.901. The zero-order chi connectivity index (χ0) is 14.5. The molecule has 0 spiro atoms. The van der Waals surface area contributed by atoms with Crippen molar-refractivity contribution in [3.05, 3.63) is 47.8 Å². The number of anilines is 2. The Morgan fingerprint density at radius 3 is 2.35 bits per heavy atom. The maximum atomic E-state index is 13.7. The Hall–Kier alpha value is -2.57. The lowest BCUT2D eigenvalue weighted by molar-refractivity contribution is 0.102. The van der Waals surface area contributed by atoms with Crippen LogP contribution in [0.4, 0.5) is 20.4 Å². The van der Waals surface area contributed by atoms with E-state index in [2.05, 4.69) is 20.6 Å². The summed E-state index contributed by atoms with van der Waals surface area (Å²) in [6.45, 7) is 2.09. The lowest BCUT2D eigenvalue weighted by atomic mass is 10.1. The highest BCUT2D eigenvalue weighted by Crippen LogP contribution is 2.21. The van der Waals surface area contributed by atoms with Gasteiger partial charge in [0.25, 0.3) is 5.91 Å². The van der Waals surface area contributed by atoms with Gasteiger partial charge in [-0.05, 0) is 25.1 Å². The Kier molecular flexibility index (Phi) is 4.19. The highest BCUT2D eigenvalue weighted by Gasteiger charge is 2.15. The van der Waals surface area contributed by atoms with E-state index in [0.29, 0.717) is 6.54 Å². The molecule has 0 radical (unpaired) electrons. The third-order valence-electron chi connectivity index (χ3n) is 2.45. The third kappa shape index (κ3) is 3.05. The van der Waals surface area contributed by atoms with Crippen LogP contribution in [0.2, 0.25) is 0 Å². The monoisotopic (exact) mass is 278 g/mol. The van der Waals surface area contributed by atoms with E-state index in [4.69, 9.17) is 0 Å². The van der Waals surface area contributed by atoms with E-state index in [1.165, 1.54) is 12.4 Å². The second-order valence-corrected chi connectivity index (χ2v) is 3.87. The topological polar surface area (TPSA) is 66.9 Å². The molecule has 1 aromatic heterocycles. The molecule has 0 aliphatic carbocycles. The first-order chi connectivity index (χ1) is 9.61. The Morgan fingerprint density at radius 2 is 1.80 bits per heavy atom. The summed E-state index contributed by atoms with van der Waals surface area (Å²) in [6.07, 6.45) is 2.89. The summed E-state index contributed by atoms with van der Waals surface area (Å²) in [7, 11) is 0. The number of carbonyl (C=O) groups is 1. The number of aromatic nitrogens is 2. The number of hydrogen-bond acceptors (Lipinski definition) is 4. The molecule has 0 fully saturated rings. The van der Waals surface area contributed by atoms with Crippen LogP contribution in [0.15, 0.2) is 30.6 Å². The fourth-order valence-electron chi connectivity index (χ4n) is 1.59. The van der Waals surface area contributed by atoms with Crippen molar-refractivity contribution in [1.29, 1.82) is 0 Å². The van der Waals surface area contributed by atoms with Gasteiger partial charge in [0, 0.05) is 24.5 Å². The van der Waals surface area contributed by atoms with Crippen molar-refractivity contribution in [3.63, 3.8) is 0 Å². The van der Waals surface area contributed by atoms with Gasteiger partial charge in [-0.3, -0.25) is 10.1 Å². The average molecular weight is 278 g/mol. The summed E-state index contributed by atoms with van der Waals surface area (Å²) in [5, 5.41) is 4.90. The number of benzene rings is 1. The number of amides is 1. The van der Waals surface area contributed by atoms with Crippen molar-refractivity contribution in [2.24, 2.45) is 0 Å². The maximum Gasteiger partial charge on any atom is 0.258 e. The molecular weight excluding hydrogens is 266 g/mol. The van der Waals surface area contributed by atoms with Crippen LogP contribution >= 0.6 is 0 Å². The van der Waals surface area contributed by atoms with Gasteiger partial charge >= 0.3 is 0 Å². The molecule has 1 heterocycles. The molecule has 7 heteroatoms. The lowest BCUT2D eigenvalue weighted by Crippen LogP contribution is -2.15. The third-order valence-corrected chi connectivity index (χ3v) is 2.45. The summed E-state index contributed by atoms with van der Waals surface area (Å²) >= 11 is 0. The van der Waals surface area contributed by atoms with Crippen LogP contribution in [-0.2, 0) is 0 Å². The number of nitrogens with one attached hydrogen (secondary N) is 2. The Morgan fingerprint density at radius 1 is 1.20 bits per heavy atom. The molecule has 0 saturated carbocycles. The minimum Gasteiger partial charge on any atom is -0.381 e. The van der Waals surface area contributed by atoms with Crippen molar-refractivity contribution >= 4 is 17.5 Å². The van der Waals surface area contributed by atoms with Crippen LogP contribution in [-0.4, -0.2) is 22.4 Å². The van der Waals surface area contributed by atoms with E-state index < -0.39 is 17.5 Å². The zero-order valence-electron chi connectivity index (χ0n) is 10.7. The zero-order valence-corrected chi connectivity index (χ0v) is 10.7. The Bertz CT molecular complexity index is 596. The van der Waals surface area contributed by atoms with Crippen LogP contribution in [0.1, 0.15) is 17.3 Å². The van der Waals surface area contributed by atoms with Crippen molar-refractivity contribution in [1.82, 2.24) is 9.97 Å². The molecule has 0 saturated heterocycles. The first-order valence-corrected chi connectivity index (χ1v) is 5.93. The summed E-state index contributed by atoms with van der Waals surface area (Å²) in [5.74, 6) is -2.27. The van der Waals surface area contributed by atoms with Gasteiger partial charge in [-0.25, -0.2) is 18.7 Å². The molecule has 2 N–H and O–H groups in total. The van der Waals surface area contributed by atoms with E-state index in [1.807, 2.05) is 0 Å². The SMILES string of the molecule is CCNc1c(F)cc(C(=O)Nc2ncccn2)cc1F. The molecular formula is C13H12F2N4O. The molecule has 0 bridgehead atoms. The predicted molar refractivity (Wildman–Crippen MR) is 70.5 cm³/mol. The molecule has 104 valence electrons. The van der Waals surface area contributed by atoms with E-state index >= 15 is 0 Å². The van der Waals surface area contributed by atoms with Gasteiger partial charge in [0.05, 0.1) is 0 Å². The highest BCUT2D eigenvalue weighted by atomic mass is 19.1. The molecule has 2 aromatic rings. The van der Waals surface area contributed by atoms with Crippen molar-refractivity contribution in [3.8, 4) is 0 Å². The van der Waals surface area contributed by atoms with Crippen LogP contribution in [0, 0.1) is 11.6 Å². The molecule has 5 nitrogen and oxygen atoms in total. The number of halogens is 2. The van der Waals surface area contributed by atoms with Crippen molar-refractivity contribution in [2.75, 3.05) is 17.2 Å². The standard InChI is InChI=1S/C13H12F2N4O/c1-2-16-11-9(14)6-8(7-10(11)15)12(20)19-13-17-4-3-5-18-13/h3-7,16H,2H2,1H3,(H,17,18,19,20). The van der Waals surface area contributed by atoms with Gasteiger partial charge in [0.1, 0.15) is 17.3 Å². The molecule has 0 aliphatic rings. The average Bonchev–Trinajstić information content (AvgIpc) is 2.43. The summed E-state index contributed by atoms with van der Waals surface area (Å²) < 4.78 is 27.4. The minimum atomic E-state index is -0.828. The van der Waals surface area contributed by atoms with Gasteiger partial charge in [-0.2, -0.15) is 0 Å². The second-order valence-electron chi connectivity index (χ2n) is 3.87. The summed E-state index contributed by atoms with van der Waals surface area (Å²) in [4.78, 5) is 19.4. The number of nitrogens with zero attached hydrogens (tertiary/aromatic N) is 2. The maximum absolute atomic E-state index is 13.7. The lowest BCUT2D eigenvalue weighted by Gasteiger charge is -2.09. The number of rotatable bonds is 4. The number of carbonyl (C=O) groups excluding carboxylic acids is 1. The normalized spacial score (nSPS) is 10.2. The van der Waals surface area contributed by atoms with E-state index in [1.54, 1.807) is 13.0 Å². The molecule has 2 rings (SSSR count). The van der Waals surface area contributed by atoms with Gasteiger partial charge in [0.15, 0.2) is 0 Å². The van der Waals surface area contributed by atoms with Crippen LogP contribution in [0.25, 0.3) is 0 Å². The van der Waals surface area contributed by atoms with Gasteiger partial charge in [0.2, 0.25) is 5.95 Å². The van der Waals surface area contributed by atoms with Crippen LogP contribution in [0.5, 0.6) is 0 Å². The molecule has 1 aromatic carbocycles. The predicted octanol–water partition coefficient (Wildman–Crippen LogP) is 2.44. The fourth-order valence-corrected chi connectivity index (χ4v) is 1.59. The van der Waals surface area contributed by atoms with E-state index in [9.17, 15) is 13.6 Å². The highest BCUT2D eigenvalue weighted by molar-refractivity contribution is 6.03. The van der Waals surface area contributed by atoms with Gasteiger partial charge in [-0.1, -0.05) is 0 Å². The van der Waals surface area contributed by atoms with E-state index in [0.717, 1.165) is 12.1 Å². The molecule has 20 heavy (non-hydrogen) atoms. The van der Waals surface area contributed by atoms with Crippen LogP contribution in [0.3, 0.4) is 0 Å². The van der Waals surface area contributed by atoms with E-state index in [-0.39, 0.29) is 17.2 Å². The number of hydrogen-bond donors (Lipinski definition) is 2. The Balaban J connectivity index is 2.23. The van der Waals surface area contributed by atoms with Crippen molar-refractivity contribution in [2.45, 2.75) is 6.92 Å². The minimum absolute atomic E-state index is 0.0640. The van der Waals surface area contributed by atoms with Crippen molar-refractivity contribution < 1.29 is 13.6 Å². The first-order valence-electron chi connectivity index (χ1n) is 5.93. The molecule has 0 aliphatic heterocycles. The molecule has 1 amide bonds. The van der Waals surface area contributed by atoms with Gasteiger partial charge < -0.3 is 5.32 Å². The summed E-state index contributed by atoms with van der Waals surface area (Å²) in [6, 6.07) is 3.50. The van der Waals surface area contributed by atoms with Crippen LogP contribution < -0.4 is 10.6 Å². The fraction of sp³-hybridized carbons (Fsp3) is 0.154. The largest absolute Gasteiger partial charge is 0.381 e. The summed E-state index contributed by atoms with van der Waals surface area (Å²) in [5.41, 5.74) is -0.394. The smallest absolute Gasteiger partial charge is 0.258 e. The first kappa shape index (κ1) is 13.9. The second kappa shape index (κ2) is 6.05. The Labute approximate surface area is 114 Å². The van der Waals surface area contributed by atoms with Gasteiger partial charge in [-0.15, -0.1) is 0 Å². The molecule has 0 unspecified atom stereocenters. The molecule has 0 atom stereocenters.